The minimum atomic E-state index is -0.714. The third-order valence-corrected chi connectivity index (χ3v) is 5.35. The van der Waals surface area contributed by atoms with E-state index < -0.39 is 18.5 Å². The molecule has 2 aromatic heterocycles. The van der Waals surface area contributed by atoms with Gasteiger partial charge < -0.3 is 19.4 Å². The van der Waals surface area contributed by atoms with Gasteiger partial charge in [0.15, 0.2) is 18.2 Å². The molecule has 0 fully saturated rings. The van der Waals surface area contributed by atoms with Crippen LogP contribution in [-0.4, -0.2) is 59.1 Å². The summed E-state index contributed by atoms with van der Waals surface area (Å²) in [6, 6.07) is 10.8. The molecule has 0 aliphatic rings. The number of thioether (sulfide) groups is 1. The van der Waals surface area contributed by atoms with Crippen LogP contribution < -0.4 is 5.32 Å². The van der Waals surface area contributed by atoms with Gasteiger partial charge in [-0.15, -0.1) is 11.8 Å². The Morgan fingerprint density at radius 3 is 2.48 bits per heavy atom. The second-order valence-electron chi connectivity index (χ2n) is 7.23. The van der Waals surface area contributed by atoms with Crippen LogP contribution in [0.25, 0.3) is 11.6 Å². The van der Waals surface area contributed by atoms with Crippen LogP contribution in [0.4, 0.5) is 5.69 Å². The maximum atomic E-state index is 12.7. The first kappa shape index (κ1) is 24.0. The highest BCUT2D eigenvalue weighted by Gasteiger charge is 2.23. The van der Waals surface area contributed by atoms with Crippen LogP contribution in [0.2, 0.25) is 0 Å². The van der Waals surface area contributed by atoms with Crippen LogP contribution in [0.15, 0.2) is 52.1 Å². The summed E-state index contributed by atoms with van der Waals surface area (Å²) in [6.07, 6.45) is 3.29. The van der Waals surface area contributed by atoms with Gasteiger partial charge in [-0.05, 0) is 44.4 Å². The highest BCUT2D eigenvalue weighted by Crippen LogP contribution is 2.25. The molecular formula is C23H24N4O5S. The van der Waals surface area contributed by atoms with E-state index in [0.29, 0.717) is 28.0 Å². The fourth-order valence-corrected chi connectivity index (χ4v) is 3.51. The quantitative estimate of drug-likeness (QED) is 0.304. The minimum absolute atomic E-state index is 0.180. The first-order chi connectivity index (χ1) is 15.8. The van der Waals surface area contributed by atoms with E-state index in [2.05, 4.69) is 15.3 Å². The molecule has 0 spiro atoms. The van der Waals surface area contributed by atoms with Crippen LogP contribution >= 0.6 is 11.8 Å². The zero-order valence-electron chi connectivity index (χ0n) is 18.7. The van der Waals surface area contributed by atoms with Gasteiger partial charge in [-0.1, -0.05) is 17.7 Å². The third-order valence-electron chi connectivity index (χ3n) is 4.66. The molecule has 0 unspecified atom stereocenters. The van der Waals surface area contributed by atoms with Gasteiger partial charge in [0.05, 0.1) is 18.5 Å². The Morgan fingerprint density at radius 1 is 1.12 bits per heavy atom. The normalized spacial score (nSPS) is 10.5. The molecule has 3 aromatic rings. The summed E-state index contributed by atoms with van der Waals surface area (Å²) >= 11 is 1.26. The molecule has 10 heteroatoms. The smallest absolute Gasteiger partial charge is 0.343 e. The lowest BCUT2D eigenvalue weighted by molar-refractivity contribution is -0.136. The Balaban J connectivity index is 1.58. The number of aromatic nitrogens is 2. The Bertz CT molecular complexity index is 1150. The van der Waals surface area contributed by atoms with Crippen molar-refractivity contribution >= 4 is 35.2 Å². The molecule has 1 N–H and O–H groups in total. The number of hydrogen-bond donors (Lipinski definition) is 1. The summed E-state index contributed by atoms with van der Waals surface area (Å²) in [4.78, 5) is 47.1. The molecule has 9 nitrogen and oxygen atoms in total. The number of hydrogen-bond acceptors (Lipinski definition) is 8. The molecule has 33 heavy (non-hydrogen) atoms. The molecule has 0 aliphatic heterocycles. The van der Waals surface area contributed by atoms with E-state index >= 15 is 0 Å². The molecular weight excluding hydrogens is 444 g/mol. The molecule has 0 bridgehead atoms. The van der Waals surface area contributed by atoms with Crippen LogP contribution in [-0.2, 0) is 14.3 Å². The SMILES string of the molecule is CSc1nc(-c2ccco2)nc(C)c1C(=O)OCC(=O)N(C)CC(=O)Nc1ccc(C)cc1. The van der Waals surface area contributed by atoms with Crippen molar-refractivity contribution in [3.8, 4) is 11.6 Å². The monoisotopic (exact) mass is 468 g/mol. The third kappa shape index (κ3) is 6.19. The molecule has 1 aromatic carbocycles. The average molecular weight is 469 g/mol. The van der Waals surface area contributed by atoms with Gasteiger partial charge in [-0.25, -0.2) is 14.8 Å². The van der Waals surface area contributed by atoms with E-state index in [1.54, 1.807) is 37.4 Å². The van der Waals surface area contributed by atoms with Crippen molar-refractivity contribution in [1.29, 1.82) is 0 Å². The number of amides is 2. The molecule has 0 aliphatic carbocycles. The second-order valence-corrected chi connectivity index (χ2v) is 8.03. The summed E-state index contributed by atoms with van der Waals surface area (Å²) in [5, 5.41) is 3.13. The summed E-state index contributed by atoms with van der Waals surface area (Å²) in [7, 11) is 1.46. The van der Waals surface area contributed by atoms with Crippen LogP contribution in [0, 0.1) is 13.8 Å². The van der Waals surface area contributed by atoms with E-state index in [-0.39, 0.29) is 18.0 Å². The van der Waals surface area contributed by atoms with Gasteiger partial charge in [-0.3, -0.25) is 9.59 Å². The number of carbonyl (C=O) groups is 3. The van der Waals surface area contributed by atoms with E-state index in [9.17, 15) is 14.4 Å². The lowest BCUT2D eigenvalue weighted by atomic mass is 10.2. The summed E-state index contributed by atoms with van der Waals surface area (Å²) in [5.74, 6) is -0.751. The van der Waals surface area contributed by atoms with Crippen molar-refractivity contribution < 1.29 is 23.5 Å². The van der Waals surface area contributed by atoms with E-state index in [1.807, 2.05) is 19.1 Å². The van der Waals surface area contributed by atoms with Crippen molar-refractivity contribution in [2.24, 2.45) is 0 Å². The molecule has 0 radical (unpaired) electrons. The Hall–Kier alpha value is -3.66. The number of rotatable bonds is 8. The minimum Gasteiger partial charge on any atom is -0.461 e. The first-order valence-electron chi connectivity index (χ1n) is 10.0. The number of esters is 1. The zero-order valence-corrected chi connectivity index (χ0v) is 19.6. The van der Waals surface area contributed by atoms with E-state index in [4.69, 9.17) is 9.15 Å². The molecule has 0 atom stereocenters. The van der Waals surface area contributed by atoms with E-state index in [0.717, 1.165) is 5.56 Å². The highest BCUT2D eigenvalue weighted by atomic mass is 32.2. The molecule has 0 saturated carbocycles. The van der Waals surface area contributed by atoms with Crippen LogP contribution in [0.1, 0.15) is 21.6 Å². The number of carbonyl (C=O) groups excluding carboxylic acids is 3. The van der Waals surface area contributed by atoms with Crippen molar-refractivity contribution in [3.05, 3.63) is 59.5 Å². The largest absolute Gasteiger partial charge is 0.461 e. The molecule has 3 rings (SSSR count). The maximum absolute atomic E-state index is 12.7. The fraction of sp³-hybridized carbons (Fsp3) is 0.261. The number of ether oxygens (including phenoxy) is 1. The number of nitrogens with zero attached hydrogens (tertiary/aromatic N) is 3. The standard InChI is InChI=1S/C23H24N4O5S/c1-14-7-9-16(10-8-14)25-18(28)12-27(3)19(29)13-32-23(30)20-15(2)24-21(26-22(20)33-4)17-6-5-11-31-17/h5-11H,12-13H2,1-4H3,(H,25,28). The van der Waals surface area contributed by atoms with Gasteiger partial charge in [-0.2, -0.15) is 0 Å². The number of benzene rings is 1. The molecule has 2 heterocycles. The Morgan fingerprint density at radius 2 is 1.85 bits per heavy atom. The lowest BCUT2D eigenvalue weighted by Crippen LogP contribution is -2.37. The van der Waals surface area contributed by atoms with Crippen molar-refractivity contribution in [3.63, 3.8) is 0 Å². The number of nitrogens with one attached hydrogen (secondary N) is 1. The maximum Gasteiger partial charge on any atom is 0.343 e. The van der Waals surface area contributed by atoms with Crippen molar-refractivity contribution in [2.75, 3.05) is 31.8 Å². The summed E-state index contributed by atoms with van der Waals surface area (Å²) in [6.45, 7) is 2.91. The lowest BCUT2D eigenvalue weighted by Gasteiger charge is -2.17. The van der Waals surface area contributed by atoms with Crippen LogP contribution in [0.3, 0.4) is 0 Å². The summed E-state index contributed by atoms with van der Waals surface area (Å²) in [5.41, 5.74) is 2.30. The molecule has 172 valence electrons. The number of furan rings is 1. The number of likely N-dealkylation sites (N-methyl/N-ethyl adjacent to an activating group) is 1. The molecule has 2 amide bonds. The van der Waals surface area contributed by atoms with Gasteiger partial charge in [0.25, 0.3) is 5.91 Å². The Labute approximate surface area is 195 Å². The average Bonchev–Trinajstić information content (AvgIpc) is 3.33. The van der Waals surface area contributed by atoms with E-state index in [1.165, 1.54) is 30.0 Å². The predicted molar refractivity (Wildman–Crippen MR) is 124 cm³/mol. The number of anilines is 1. The van der Waals surface area contributed by atoms with Crippen molar-refractivity contribution in [2.45, 2.75) is 18.9 Å². The van der Waals surface area contributed by atoms with Gasteiger partial charge >= 0.3 is 5.97 Å². The topological polar surface area (TPSA) is 115 Å². The fourth-order valence-electron chi connectivity index (χ4n) is 2.90. The van der Waals surface area contributed by atoms with Crippen LogP contribution in [0.5, 0.6) is 0 Å². The molecule has 0 saturated heterocycles. The van der Waals surface area contributed by atoms with Gasteiger partial charge in [0, 0.05) is 12.7 Å². The predicted octanol–water partition coefficient (Wildman–Crippen LogP) is 3.33. The summed E-state index contributed by atoms with van der Waals surface area (Å²) < 4.78 is 10.5. The second kappa shape index (κ2) is 10.8. The van der Waals surface area contributed by atoms with Crippen molar-refractivity contribution in [1.82, 2.24) is 14.9 Å². The van der Waals surface area contributed by atoms with Gasteiger partial charge in [0.1, 0.15) is 10.6 Å². The highest BCUT2D eigenvalue weighted by molar-refractivity contribution is 7.98. The first-order valence-corrected chi connectivity index (χ1v) is 11.2. The Kier molecular flexibility index (Phi) is 7.83. The zero-order chi connectivity index (χ0) is 24.0. The van der Waals surface area contributed by atoms with Gasteiger partial charge in [0.2, 0.25) is 5.91 Å². The number of aryl methyl sites for hydroxylation is 2.